The van der Waals surface area contributed by atoms with Crippen LogP contribution < -0.4 is 5.32 Å². The summed E-state index contributed by atoms with van der Waals surface area (Å²) in [5.74, 6) is -0.187. The van der Waals surface area contributed by atoms with Crippen LogP contribution in [-0.4, -0.2) is 43.7 Å². The molecule has 3 heterocycles. The third kappa shape index (κ3) is 2.69. The van der Waals surface area contributed by atoms with E-state index in [0.29, 0.717) is 17.8 Å². The molecule has 4 rings (SSSR count). The summed E-state index contributed by atoms with van der Waals surface area (Å²) in [5, 5.41) is 12.0. The molecule has 1 aromatic carbocycles. The molecular formula is C18H18N6O2. The van der Waals surface area contributed by atoms with Gasteiger partial charge in [0.05, 0.1) is 24.3 Å². The van der Waals surface area contributed by atoms with Gasteiger partial charge in [0.25, 0.3) is 5.91 Å². The second kappa shape index (κ2) is 6.21. The zero-order chi connectivity index (χ0) is 18.3. The van der Waals surface area contributed by atoms with Crippen molar-refractivity contribution in [3.63, 3.8) is 0 Å². The van der Waals surface area contributed by atoms with Crippen molar-refractivity contribution >= 4 is 22.7 Å². The molecule has 26 heavy (non-hydrogen) atoms. The number of rotatable bonds is 3. The number of carbonyl (C=O) groups is 2. The van der Waals surface area contributed by atoms with E-state index in [9.17, 15) is 9.59 Å². The second-order valence-corrected chi connectivity index (χ2v) is 6.39. The van der Waals surface area contributed by atoms with Crippen LogP contribution in [0.1, 0.15) is 34.7 Å². The van der Waals surface area contributed by atoms with Crippen molar-refractivity contribution in [3.8, 4) is 0 Å². The van der Waals surface area contributed by atoms with Crippen molar-refractivity contribution in [2.24, 2.45) is 0 Å². The average molecular weight is 350 g/mol. The Morgan fingerprint density at radius 3 is 3.04 bits per heavy atom. The summed E-state index contributed by atoms with van der Waals surface area (Å²) in [5.41, 5.74) is 2.93. The van der Waals surface area contributed by atoms with E-state index in [1.165, 1.54) is 0 Å². The van der Waals surface area contributed by atoms with Crippen LogP contribution in [0, 0.1) is 0 Å². The zero-order valence-corrected chi connectivity index (χ0v) is 14.5. The molecule has 132 valence electrons. The molecule has 0 saturated heterocycles. The van der Waals surface area contributed by atoms with Crippen LogP contribution in [0.15, 0.2) is 36.5 Å². The Hall–Kier alpha value is -3.29. The molecule has 0 aliphatic carbocycles. The highest BCUT2D eigenvalue weighted by Crippen LogP contribution is 2.22. The Balaban J connectivity index is 1.51. The zero-order valence-electron chi connectivity index (χ0n) is 14.5. The largest absolute Gasteiger partial charge is 0.346 e. The molecule has 3 aromatic rings. The Labute approximate surface area is 149 Å². The van der Waals surface area contributed by atoms with Crippen LogP contribution in [0.25, 0.3) is 10.9 Å². The van der Waals surface area contributed by atoms with Crippen molar-refractivity contribution in [1.82, 2.24) is 30.2 Å². The maximum absolute atomic E-state index is 12.5. The van der Waals surface area contributed by atoms with E-state index < -0.39 is 0 Å². The van der Waals surface area contributed by atoms with Gasteiger partial charge in [0, 0.05) is 24.2 Å². The fourth-order valence-electron chi connectivity index (χ4n) is 3.17. The molecule has 8 nitrogen and oxygen atoms in total. The summed E-state index contributed by atoms with van der Waals surface area (Å²) < 4.78 is 1.63. The standard InChI is InChI=1S/C18H18N6O2/c1-11-18(26)23(2)10-16-15(21-22-24(11)16)9-20-17(25)13-5-6-14-12(8-13)4-3-7-19-14/h3-8,11H,9-10H2,1-2H3,(H,20,25). The van der Waals surface area contributed by atoms with Gasteiger partial charge in [-0.2, -0.15) is 0 Å². The number of amides is 2. The molecule has 1 unspecified atom stereocenters. The summed E-state index contributed by atoms with van der Waals surface area (Å²) >= 11 is 0. The van der Waals surface area contributed by atoms with Crippen LogP contribution in [-0.2, 0) is 17.9 Å². The molecular weight excluding hydrogens is 332 g/mol. The van der Waals surface area contributed by atoms with Gasteiger partial charge in [0.2, 0.25) is 5.91 Å². The van der Waals surface area contributed by atoms with Crippen LogP contribution in [0.4, 0.5) is 0 Å². The highest BCUT2D eigenvalue weighted by atomic mass is 16.2. The predicted octanol–water partition coefficient (Wildman–Crippen LogP) is 1.29. The molecule has 0 saturated carbocycles. The summed E-state index contributed by atoms with van der Waals surface area (Å²) in [6.07, 6.45) is 1.72. The van der Waals surface area contributed by atoms with Crippen LogP contribution in [0.2, 0.25) is 0 Å². The summed E-state index contributed by atoms with van der Waals surface area (Å²) in [6.45, 7) is 2.48. The van der Waals surface area contributed by atoms with Gasteiger partial charge in [-0.3, -0.25) is 14.6 Å². The third-order valence-electron chi connectivity index (χ3n) is 4.64. The molecule has 8 heteroatoms. The number of pyridine rings is 1. The third-order valence-corrected chi connectivity index (χ3v) is 4.64. The molecule has 0 bridgehead atoms. The average Bonchev–Trinajstić information content (AvgIpc) is 3.06. The lowest BCUT2D eigenvalue weighted by molar-refractivity contribution is -0.135. The van der Waals surface area contributed by atoms with E-state index in [4.69, 9.17) is 0 Å². The number of benzene rings is 1. The highest BCUT2D eigenvalue weighted by Gasteiger charge is 2.31. The Bertz CT molecular complexity index is 1010. The number of hydrogen-bond acceptors (Lipinski definition) is 5. The van der Waals surface area contributed by atoms with Gasteiger partial charge in [-0.05, 0) is 31.2 Å². The van der Waals surface area contributed by atoms with Crippen molar-refractivity contribution in [3.05, 3.63) is 53.5 Å². The molecule has 1 aliphatic heterocycles. The van der Waals surface area contributed by atoms with Crippen molar-refractivity contribution in [1.29, 1.82) is 0 Å². The molecule has 1 N–H and O–H groups in total. The quantitative estimate of drug-likeness (QED) is 0.768. The Kier molecular flexibility index (Phi) is 3.87. The topological polar surface area (TPSA) is 93.0 Å². The minimum Gasteiger partial charge on any atom is -0.346 e. The fourth-order valence-corrected chi connectivity index (χ4v) is 3.17. The van der Waals surface area contributed by atoms with Gasteiger partial charge in [0.1, 0.15) is 11.7 Å². The lowest BCUT2D eigenvalue weighted by Crippen LogP contribution is -2.39. The first-order chi connectivity index (χ1) is 12.5. The van der Waals surface area contributed by atoms with Gasteiger partial charge < -0.3 is 10.2 Å². The molecule has 2 amide bonds. The van der Waals surface area contributed by atoms with Crippen molar-refractivity contribution in [2.45, 2.75) is 26.1 Å². The number of nitrogens with zero attached hydrogens (tertiary/aromatic N) is 5. The monoisotopic (exact) mass is 350 g/mol. The SMILES string of the molecule is CC1C(=O)N(C)Cc2c(CNC(=O)c3ccc4ncccc4c3)nnn21. The number of likely N-dealkylation sites (N-methyl/N-ethyl adjacent to an activating group) is 1. The molecule has 0 fully saturated rings. The summed E-state index contributed by atoms with van der Waals surface area (Å²) in [4.78, 5) is 30.4. The van der Waals surface area contributed by atoms with Gasteiger partial charge in [-0.1, -0.05) is 11.3 Å². The number of aromatic nitrogens is 4. The van der Waals surface area contributed by atoms with E-state index in [-0.39, 0.29) is 24.4 Å². The smallest absolute Gasteiger partial charge is 0.251 e. The molecule has 0 radical (unpaired) electrons. The lowest BCUT2D eigenvalue weighted by Gasteiger charge is -2.28. The number of nitrogens with one attached hydrogen (secondary N) is 1. The van der Waals surface area contributed by atoms with Gasteiger partial charge in [-0.25, -0.2) is 4.68 Å². The van der Waals surface area contributed by atoms with Gasteiger partial charge in [0.15, 0.2) is 0 Å². The second-order valence-electron chi connectivity index (χ2n) is 6.39. The Morgan fingerprint density at radius 2 is 2.19 bits per heavy atom. The molecule has 1 aliphatic rings. The van der Waals surface area contributed by atoms with Gasteiger partial charge >= 0.3 is 0 Å². The van der Waals surface area contributed by atoms with Crippen molar-refractivity contribution < 1.29 is 9.59 Å². The summed E-state index contributed by atoms with van der Waals surface area (Å²) in [6, 6.07) is 8.77. The minimum absolute atomic E-state index is 0.00255. The normalized spacial score (nSPS) is 16.6. The van der Waals surface area contributed by atoms with E-state index in [2.05, 4.69) is 20.6 Å². The number of carbonyl (C=O) groups excluding carboxylic acids is 2. The maximum atomic E-state index is 12.5. The fraction of sp³-hybridized carbons (Fsp3) is 0.278. The summed E-state index contributed by atoms with van der Waals surface area (Å²) in [7, 11) is 1.75. The van der Waals surface area contributed by atoms with Crippen LogP contribution in [0.5, 0.6) is 0 Å². The first-order valence-corrected chi connectivity index (χ1v) is 8.35. The van der Waals surface area contributed by atoms with E-state index in [0.717, 1.165) is 16.6 Å². The predicted molar refractivity (Wildman–Crippen MR) is 94.1 cm³/mol. The van der Waals surface area contributed by atoms with E-state index in [1.54, 1.807) is 35.8 Å². The highest BCUT2D eigenvalue weighted by molar-refractivity contribution is 5.97. The molecule has 1 atom stereocenters. The van der Waals surface area contributed by atoms with Crippen molar-refractivity contribution in [2.75, 3.05) is 7.05 Å². The maximum Gasteiger partial charge on any atom is 0.251 e. The number of hydrogen-bond donors (Lipinski definition) is 1. The van der Waals surface area contributed by atoms with E-state index in [1.807, 2.05) is 24.3 Å². The molecule has 2 aromatic heterocycles. The van der Waals surface area contributed by atoms with Crippen LogP contribution >= 0.6 is 0 Å². The number of fused-ring (bicyclic) bond motifs is 2. The van der Waals surface area contributed by atoms with Gasteiger partial charge in [-0.15, -0.1) is 5.10 Å². The van der Waals surface area contributed by atoms with Crippen LogP contribution in [0.3, 0.4) is 0 Å². The Morgan fingerprint density at radius 1 is 1.35 bits per heavy atom. The first kappa shape index (κ1) is 16.2. The first-order valence-electron chi connectivity index (χ1n) is 8.35. The minimum atomic E-state index is -0.381. The van der Waals surface area contributed by atoms with E-state index >= 15 is 0 Å². The lowest BCUT2D eigenvalue weighted by atomic mass is 10.1. The molecule has 0 spiro atoms.